The number of carbonyl (C=O) groups is 2. The number of aryl methyl sites for hydroxylation is 1. The molecule has 3 rings (SSSR count). The zero-order valence-corrected chi connectivity index (χ0v) is 22.4. The number of benzene rings is 2. The van der Waals surface area contributed by atoms with Gasteiger partial charge in [0.1, 0.15) is 18.1 Å². The van der Waals surface area contributed by atoms with E-state index in [2.05, 4.69) is 57.8 Å². The number of rotatable bonds is 8. The largest absolute Gasteiger partial charge is 0.492 e. The number of thioether (sulfide) groups is 1. The minimum absolute atomic E-state index is 0.199. The first kappa shape index (κ1) is 24.9. The summed E-state index contributed by atoms with van der Waals surface area (Å²) in [5.41, 5.74) is 3.00. The molecular weight excluding hydrogens is 558 g/mol. The molecule has 5 nitrogen and oxygen atoms in total. The summed E-state index contributed by atoms with van der Waals surface area (Å²) in [7, 11) is 0. The molecule has 0 saturated carbocycles. The molecule has 1 fully saturated rings. The van der Waals surface area contributed by atoms with Gasteiger partial charge >= 0.3 is 0 Å². The van der Waals surface area contributed by atoms with E-state index >= 15 is 0 Å². The average molecular weight is 583 g/mol. The highest BCUT2D eigenvalue weighted by Gasteiger charge is 2.35. The van der Waals surface area contributed by atoms with Crippen molar-refractivity contribution in [2.24, 2.45) is 0 Å². The van der Waals surface area contributed by atoms with Crippen LogP contribution in [0.5, 0.6) is 11.5 Å². The number of imide groups is 1. The van der Waals surface area contributed by atoms with Gasteiger partial charge in [0.15, 0.2) is 0 Å². The predicted octanol–water partition coefficient (Wildman–Crippen LogP) is 7.16. The van der Waals surface area contributed by atoms with E-state index < -0.39 is 0 Å². The quantitative estimate of drug-likeness (QED) is 0.309. The Bertz CT molecular complexity index is 1040. The summed E-state index contributed by atoms with van der Waals surface area (Å²) in [6.45, 7) is 9.12. The topological polar surface area (TPSA) is 55.8 Å². The summed E-state index contributed by atoms with van der Waals surface area (Å²) in [5, 5.41) is -0.290. The van der Waals surface area contributed by atoms with Crippen LogP contribution in [-0.4, -0.2) is 35.8 Å². The molecule has 0 radical (unpaired) electrons. The van der Waals surface area contributed by atoms with Gasteiger partial charge in [-0.15, -0.1) is 0 Å². The van der Waals surface area contributed by atoms with Gasteiger partial charge in [-0.2, -0.15) is 0 Å². The summed E-state index contributed by atoms with van der Waals surface area (Å²) in [6, 6.07) is 9.83. The summed E-state index contributed by atoms with van der Waals surface area (Å²) in [4.78, 5) is 26.9. The van der Waals surface area contributed by atoms with Crippen LogP contribution in [0.2, 0.25) is 0 Å². The number of hydrogen-bond donors (Lipinski definition) is 0. The van der Waals surface area contributed by atoms with Crippen molar-refractivity contribution in [1.29, 1.82) is 0 Å². The van der Waals surface area contributed by atoms with Gasteiger partial charge in [-0.05, 0) is 104 Å². The molecule has 8 heteroatoms. The Morgan fingerprint density at radius 3 is 2.41 bits per heavy atom. The van der Waals surface area contributed by atoms with Crippen LogP contribution in [0.25, 0.3) is 6.08 Å². The SMILES string of the molecule is CCOc1c(Br)cc(/C=C2\SC(=O)N(CCOc3cc(C)ccc3C(C)C)C2=O)cc1Br. The minimum atomic E-state index is -0.307. The van der Waals surface area contributed by atoms with Crippen LogP contribution in [0, 0.1) is 6.92 Å². The third-order valence-corrected chi connectivity index (χ3v) is 6.93. The van der Waals surface area contributed by atoms with E-state index in [4.69, 9.17) is 9.47 Å². The molecule has 1 aliphatic rings. The van der Waals surface area contributed by atoms with Crippen LogP contribution in [0.4, 0.5) is 4.79 Å². The summed E-state index contributed by atoms with van der Waals surface area (Å²) in [6.07, 6.45) is 1.72. The molecule has 0 spiro atoms. The standard InChI is InChI=1S/C24H25Br2NO4S/c1-5-30-22-18(25)11-16(12-19(22)26)13-21-23(28)27(24(29)32-21)8-9-31-20-10-15(4)6-7-17(20)14(2)3/h6-7,10-14H,5,8-9H2,1-4H3/b21-13-. The Morgan fingerprint density at radius 1 is 1.09 bits per heavy atom. The fraction of sp³-hybridized carbons (Fsp3) is 0.333. The van der Waals surface area contributed by atoms with E-state index in [1.807, 2.05) is 32.0 Å². The van der Waals surface area contributed by atoms with E-state index in [0.29, 0.717) is 23.2 Å². The van der Waals surface area contributed by atoms with E-state index in [-0.39, 0.29) is 24.3 Å². The van der Waals surface area contributed by atoms with Crippen molar-refractivity contribution in [3.63, 3.8) is 0 Å². The first-order chi connectivity index (χ1) is 15.2. The molecule has 0 N–H and O–H groups in total. The van der Waals surface area contributed by atoms with E-state index in [0.717, 1.165) is 43.1 Å². The normalized spacial score (nSPS) is 15.2. The number of nitrogens with zero attached hydrogens (tertiary/aromatic N) is 1. The fourth-order valence-electron chi connectivity index (χ4n) is 3.28. The lowest BCUT2D eigenvalue weighted by molar-refractivity contribution is -0.123. The van der Waals surface area contributed by atoms with Gasteiger partial charge in [-0.1, -0.05) is 26.0 Å². The second kappa shape index (κ2) is 10.9. The molecule has 2 aromatic carbocycles. The lowest BCUT2D eigenvalue weighted by Gasteiger charge is -2.17. The molecular formula is C24H25Br2NO4S. The lowest BCUT2D eigenvalue weighted by Crippen LogP contribution is -2.32. The maximum absolute atomic E-state index is 12.8. The summed E-state index contributed by atoms with van der Waals surface area (Å²) in [5.74, 6) is 1.51. The average Bonchev–Trinajstić information content (AvgIpc) is 2.98. The Balaban J connectivity index is 1.70. The van der Waals surface area contributed by atoms with Crippen molar-refractivity contribution in [2.75, 3.05) is 19.8 Å². The first-order valence-corrected chi connectivity index (χ1v) is 12.7. The molecule has 1 saturated heterocycles. The number of halogens is 2. The molecule has 1 heterocycles. The predicted molar refractivity (Wildman–Crippen MR) is 136 cm³/mol. The molecule has 0 aliphatic carbocycles. The number of hydrogen-bond acceptors (Lipinski definition) is 5. The highest BCUT2D eigenvalue weighted by molar-refractivity contribution is 9.11. The smallest absolute Gasteiger partial charge is 0.293 e. The van der Waals surface area contributed by atoms with Crippen LogP contribution in [0.15, 0.2) is 44.2 Å². The van der Waals surface area contributed by atoms with Gasteiger partial charge < -0.3 is 9.47 Å². The van der Waals surface area contributed by atoms with Crippen molar-refractivity contribution in [2.45, 2.75) is 33.6 Å². The molecule has 170 valence electrons. The Labute approximate surface area is 209 Å². The Kier molecular flexibility index (Phi) is 8.47. The zero-order valence-electron chi connectivity index (χ0n) is 18.4. The van der Waals surface area contributed by atoms with E-state index in [1.54, 1.807) is 6.08 Å². The number of ether oxygens (including phenoxy) is 2. The van der Waals surface area contributed by atoms with E-state index in [9.17, 15) is 9.59 Å². The van der Waals surface area contributed by atoms with Crippen molar-refractivity contribution in [3.05, 3.63) is 60.9 Å². The second-order valence-electron chi connectivity index (χ2n) is 7.62. The highest BCUT2D eigenvalue weighted by atomic mass is 79.9. The van der Waals surface area contributed by atoms with Crippen LogP contribution >= 0.6 is 43.6 Å². The molecule has 0 bridgehead atoms. The number of amides is 2. The van der Waals surface area contributed by atoms with Gasteiger partial charge in [0.25, 0.3) is 11.1 Å². The Hall–Kier alpha value is -1.77. The van der Waals surface area contributed by atoms with Crippen LogP contribution in [0.1, 0.15) is 43.4 Å². The zero-order chi connectivity index (χ0) is 23.4. The van der Waals surface area contributed by atoms with Gasteiger partial charge in [-0.3, -0.25) is 14.5 Å². The minimum Gasteiger partial charge on any atom is -0.492 e. The summed E-state index contributed by atoms with van der Waals surface area (Å²) >= 11 is 7.93. The van der Waals surface area contributed by atoms with Crippen molar-refractivity contribution in [3.8, 4) is 11.5 Å². The molecule has 2 aromatic rings. The van der Waals surface area contributed by atoms with Gasteiger partial charge in [0, 0.05) is 0 Å². The summed E-state index contributed by atoms with van der Waals surface area (Å²) < 4.78 is 13.1. The third kappa shape index (κ3) is 5.77. The van der Waals surface area contributed by atoms with Gasteiger partial charge in [0.2, 0.25) is 0 Å². The fourth-order valence-corrected chi connectivity index (χ4v) is 5.60. The van der Waals surface area contributed by atoms with Crippen LogP contribution < -0.4 is 9.47 Å². The second-order valence-corrected chi connectivity index (χ2v) is 10.3. The maximum Gasteiger partial charge on any atom is 0.293 e. The molecule has 0 atom stereocenters. The molecule has 32 heavy (non-hydrogen) atoms. The molecule has 0 aromatic heterocycles. The highest BCUT2D eigenvalue weighted by Crippen LogP contribution is 2.37. The van der Waals surface area contributed by atoms with Crippen LogP contribution in [-0.2, 0) is 4.79 Å². The maximum atomic E-state index is 12.8. The van der Waals surface area contributed by atoms with Crippen molar-refractivity contribution in [1.82, 2.24) is 4.90 Å². The Morgan fingerprint density at radius 2 is 1.78 bits per heavy atom. The van der Waals surface area contributed by atoms with E-state index in [1.165, 1.54) is 4.90 Å². The monoisotopic (exact) mass is 581 g/mol. The molecule has 0 unspecified atom stereocenters. The molecule has 1 aliphatic heterocycles. The van der Waals surface area contributed by atoms with Crippen LogP contribution in [0.3, 0.4) is 0 Å². The third-order valence-electron chi connectivity index (χ3n) is 4.84. The van der Waals surface area contributed by atoms with Crippen molar-refractivity contribution < 1.29 is 19.1 Å². The van der Waals surface area contributed by atoms with Gasteiger partial charge in [-0.25, -0.2) is 0 Å². The first-order valence-electron chi connectivity index (χ1n) is 10.3. The van der Waals surface area contributed by atoms with Crippen molar-refractivity contribution >= 4 is 60.8 Å². The number of carbonyl (C=O) groups excluding carboxylic acids is 2. The molecule has 2 amide bonds. The lowest BCUT2D eigenvalue weighted by atomic mass is 10.0. The van der Waals surface area contributed by atoms with Gasteiger partial charge in [0.05, 0.1) is 27.0 Å².